The zero-order valence-corrected chi connectivity index (χ0v) is 12.0. The molecular weight excluding hydrogens is 282 g/mol. The molecule has 1 fully saturated rings. The molecule has 1 N–H and O–H groups in total. The Morgan fingerprint density at radius 1 is 1.35 bits per heavy atom. The Labute approximate surface area is 118 Å². The molecule has 0 bridgehead atoms. The number of hydrogen-bond acceptors (Lipinski definition) is 5. The third kappa shape index (κ3) is 3.00. The van der Waals surface area contributed by atoms with Crippen LogP contribution in [0.3, 0.4) is 0 Å². The van der Waals surface area contributed by atoms with Gasteiger partial charge in [0.2, 0.25) is 10.0 Å². The van der Waals surface area contributed by atoms with Gasteiger partial charge in [0.25, 0.3) is 0 Å². The maximum atomic E-state index is 12.4. The number of piperidine rings is 1. The van der Waals surface area contributed by atoms with E-state index in [-0.39, 0.29) is 23.5 Å². The molecule has 1 saturated heterocycles. The zero-order valence-electron chi connectivity index (χ0n) is 11.2. The van der Waals surface area contributed by atoms with Gasteiger partial charge in [-0.2, -0.15) is 4.31 Å². The predicted molar refractivity (Wildman–Crippen MR) is 71.8 cm³/mol. The van der Waals surface area contributed by atoms with Crippen molar-refractivity contribution in [2.75, 3.05) is 20.2 Å². The quantitative estimate of drug-likeness (QED) is 0.827. The van der Waals surface area contributed by atoms with Crippen LogP contribution in [-0.4, -0.2) is 50.1 Å². The van der Waals surface area contributed by atoms with E-state index in [0.29, 0.717) is 12.8 Å². The van der Waals surface area contributed by atoms with E-state index in [9.17, 15) is 18.3 Å². The number of methoxy groups -OCH3 is 1. The van der Waals surface area contributed by atoms with Crippen LogP contribution in [-0.2, 0) is 14.8 Å². The van der Waals surface area contributed by atoms with Crippen molar-refractivity contribution in [2.24, 2.45) is 0 Å². The summed E-state index contributed by atoms with van der Waals surface area (Å²) in [5.41, 5.74) is 0.200. The van der Waals surface area contributed by atoms with Crippen molar-refractivity contribution in [3.63, 3.8) is 0 Å². The number of sulfonamides is 1. The highest BCUT2D eigenvalue weighted by Crippen LogP contribution is 2.21. The maximum absolute atomic E-state index is 12.4. The molecule has 0 atom stereocenters. The van der Waals surface area contributed by atoms with Crippen molar-refractivity contribution in [3.05, 3.63) is 29.8 Å². The second kappa shape index (κ2) is 5.90. The lowest BCUT2D eigenvalue weighted by atomic mass is 10.1. The first kappa shape index (κ1) is 15.0. The largest absolute Gasteiger partial charge is 0.465 e. The summed E-state index contributed by atoms with van der Waals surface area (Å²) < 4.78 is 30.8. The molecule has 0 amide bonds. The Morgan fingerprint density at radius 2 is 2.00 bits per heavy atom. The molecule has 2 rings (SSSR count). The number of benzene rings is 1. The lowest BCUT2D eigenvalue weighted by Crippen LogP contribution is -2.40. The van der Waals surface area contributed by atoms with Crippen LogP contribution in [0.5, 0.6) is 0 Å². The lowest BCUT2D eigenvalue weighted by molar-refractivity contribution is 0.0600. The number of carbonyl (C=O) groups excluding carboxylic acids is 1. The van der Waals surface area contributed by atoms with E-state index in [1.165, 1.54) is 35.7 Å². The third-order valence-electron chi connectivity index (χ3n) is 3.32. The van der Waals surface area contributed by atoms with Gasteiger partial charge in [0.05, 0.1) is 23.7 Å². The molecule has 0 aliphatic carbocycles. The van der Waals surface area contributed by atoms with Gasteiger partial charge in [0.1, 0.15) is 0 Å². The van der Waals surface area contributed by atoms with Crippen LogP contribution in [0.1, 0.15) is 23.2 Å². The van der Waals surface area contributed by atoms with Crippen molar-refractivity contribution in [1.29, 1.82) is 0 Å². The van der Waals surface area contributed by atoms with Gasteiger partial charge in [-0.3, -0.25) is 0 Å². The lowest BCUT2D eigenvalue weighted by Gasteiger charge is -2.28. The van der Waals surface area contributed by atoms with Crippen LogP contribution < -0.4 is 0 Å². The number of carbonyl (C=O) groups is 1. The minimum Gasteiger partial charge on any atom is -0.465 e. The standard InChI is InChI=1S/C13H17NO5S/c1-19-13(16)10-3-2-4-12(9-10)20(17,18)14-7-5-11(15)6-8-14/h2-4,9,11,15H,5-8H2,1H3. The molecule has 0 unspecified atom stereocenters. The van der Waals surface area contributed by atoms with Crippen LogP contribution in [0.15, 0.2) is 29.2 Å². The summed E-state index contributed by atoms with van der Waals surface area (Å²) in [5, 5.41) is 9.43. The molecule has 20 heavy (non-hydrogen) atoms. The Bertz CT molecular complexity index is 591. The van der Waals surface area contributed by atoms with E-state index in [0.717, 1.165) is 0 Å². The smallest absolute Gasteiger partial charge is 0.337 e. The Morgan fingerprint density at radius 3 is 2.60 bits per heavy atom. The van der Waals surface area contributed by atoms with Gasteiger partial charge < -0.3 is 9.84 Å². The van der Waals surface area contributed by atoms with Crippen molar-refractivity contribution in [2.45, 2.75) is 23.8 Å². The number of nitrogens with zero attached hydrogens (tertiary/aromatic N) is 1. The average molecular weight is 299 g/mol. The first-order chi connectivity index (χ1) is 9.45. The van der Waals surface area contributed by atoms with Gasteiger partial charge in [-0.15, -0.1) is 0 Å². The van der Waals surface area contributed by atoms with Crippen molar-refractivity contribution in [3.8, 4) is 0 Å². The van der Waals surface area contributed by atoms with E-state index in [4.69, 9.17) is 0 Å². The summed E-state index contributed by atoms with van der Waals surface area (Å²) >= 11 is 0. The van der Waals surface area contributed by atoms with E-state index >= 15 is 0 Å². The summed E-state index contributed by atoms with van der Waals surface area (Å²) in [6.45, 7) is 0.567. The van der Waals surface area contributed by atoms with Gasteiger partial charge in [0, 0.05) is 13.1 Å². The summed E-state index contributed by atoms with van der Waals surface area (Å²) in [6, 6.07) is 5.78. The summed E-state index contributed by atoms with van der Waals surface area (Å²) in [4.78, 5) is 11.5. The first-order valence-electron chi connectivity index (χ1n) is 6.32. The van der Waals surface area contributed by atoms with Gasteiger partial charge in [-0.1, -0.05) is 6.07 Å². The van der Waals surface area contributed by atoms with Crippen LogP contribution in [0.4, 0.5) is 0 Å². The zero-order chi connectivity index (χ0) is 14.8. The fraction of sp³-hybridized carbons (Fsp3) is 0.462. The molecule has 7 heteroatoms. The highest BCUT2D eigenvalue weighted by molar-refractivity contribution is 7.89. The molecule has 0 radical (unpaired) electrons. The first-order valence-corrected chi connectivity index (χ1v) is 7.76. The number of rotatable bonds is 3. The Kier molecular flexibility index (Phi) is 4.42. The van der Waals surface area contributed by atoms with Crippen LogP contribution in [0.2, 0.25) is 0 Å². The molecule has 1 heterocycles. The minimum atomic E-state index is -3.64. The van der Waals surface area contributed by atoms with E-state index < -0.39 is 22.1 Å². The topological polar surface area (TPSA) is 83.9 Å². The van der Waals surface area contributed by atoms with Crippen LogP contribution >= 0.6 is 0 Å². The number of ether oxygens (including phenoxy) is 1. The second-order valence-corrected chi connectivity index (χ2v) is 6.59. The molecule has 1 aliphatic rings. The highest BCUT2D eigenvalue weighted by Gasteiger charge is 2.29. The maximum Gasteiger partial charge on any atom is 0.337 e. The molecule has 1 aliphatic heterocycles. The number of aliphatic hydroxyl groups excluding tert-OH is 1. The third-order valence-corrected chi connectivity index (χ3v) is 5.21. The Balaban J connectivity index is 2.28. The summed E-state index contributed by atoms with van der Waals surface area (Å²) in [7, 11) is -2.39. The second-order valence-electron chi connectivity index (χ2n) is 4.65. The SMILES string of the molecule is COC(=O)c1cccc(S(=O)(=O)N2CCC(O)CC2)c1. The molecule has 0 aromatic heterocycles. The molecule has 110 valence electrons. The predicted octanol–water partition coefficient (Wildman–Crippen LogP) is 0.619. The molecule has 1 aromatic rings. The molecular formula is C13H17NO5S. The van der Waals surface area contributed by atoms with Gasteiger partial charge >= 0.3 is 5.97 Å². The molecule has 0 spiro atoms. The minimum absolute atomic E-state index is 0.0665. The molecule has 6 nitrogen and oxygen atoms in total. The number of aliphatic hydroxyl groups is 1. The monoisotopic (exact) mass is 299 g/mol. The van der Waals surface area contributed by atoms with E-state index in [1.54, 1.807) is 0 Å². The van der Waals surface area contributed by atoms with Crippen LogP contribution in [0.25, 0.3) is 0 Å². The number of hydrogen-bond donors (Lipinski definition) is 1. The highest BCUT2D eigenvalue weighted by atomic mass is 32.2. The fourth-order valence-electron chi connectivity index (χ4n) is 2.13. The molecule has 1 aromatic carbocycles. The van der Waals surface area contributed by atoms with E-state index in [1.807, 2.05) is 0 Å². The van der Waals surface area contributed by atoms with Crippen molar-refractivity contribution in [1.82, 2.24) is 4.31 Å². The van der Waals surface area contributed by atoms with Gasteiger partial charge in [-0.25, -0.2) is 13.2 Å². The van der Waals surface area contributed by atoms with Crippen LogP contribution in [0, 0.1) is 0 Å². The summed E-state index contributed by atoms with van der Waals surface area (Å²) in [5.74, 6) is -0.573. The van der Waals surface area contributed by atoms with Crippen molar-refractivity contribution < 1.29 is 23.1 Å². The number of esters is 1. The van der Waals surface area contributed by atoms with E-state index in [2.05, 4.69) is 4.74 Å². The van der Waals surface area contributed by atoms with Crippen molar-refractivity contribution >= 4 is 16.0 Å². The fourth-order valence-corrected chi connectivity index (χ4v) is 3.65. The average Bonchev–Trinajstić information content (AvgIpc) is 2.47. The molecule has 0 saturated carbocycles. The Hall–Kier alpha value is -1.44. The normalized spacial score (nSPS) is 17.9. The van der Waals surface area contributed by atoms with Gasteiger partial charge in [-0.05, 0) is 31.0 Å². The summed E-state index contributed by atoms with van der Waals surface area (Å²) in [6.07, 6.45) is 0.411. The van der Waals surface area contributed by atoms with Gasteiger partial charge in [0.15, 0.2) is 0 Å².